The number of fused-ring (bicyclic) bond motifs is 3. The van der Waals surface area contributed by atoms with Crippen LogP contribution in [0.15, 0.2) is 0 Å². The zero-order valence-corrected chi connectivity index (χ0v) is 7.22. The lowest BCUT2D eigenvalue weighted by Crippen LogP contribution is -2.60. The predicted molar refractivity (Wildman–Crippen MR) is 43.6 cm³/mol. The van der Waals surface area contributed by atoms with E-state index in [-0.39, 0.29) is 23.8 Å². The second kappa shape index (κ2) is 2.80. The number of Topliss-reactive ketones (excluding diaryl/α,β-unsaturated/α-hetero) is 1. The summed E-state index contributed by atoms with van der Waals surface area (Å²) in [6, 6.07) is -0.111. The third-order valence-corrected chi connectivity index (χ3v) is 3.12. The molecule has 3 fully saturated rings. The Hall–Kier alpha value is -0.440. The molecule has 0 amide bonds. The first-order chi connectivity index (χ1) is 5.68. The van der Waals surface area contributed by atoms with E-state index >= 15 is 0 Å². The van der Waals surface area contributed by atoms with Crippen LogP contribution in [-0.4, -0.2) is 24.0 Å². The number of ketones is 1. The maximum Gasteiger partial charge on any atom is 0.146 e. The van der Waals surface area contributed by atoms with E-state index < -0.39 is 6.17 Å². The molecule has 12 heavy (non-hydrogen) atoms. The Morgan fingerprint density at radius 1 is 1.50 bits per heavy atom. The molecule has 3 aliphatic rings. The van der Waals surface area contributed by atoms with Crippen LogP contribution in [0, 0.1) is 5.92 Å². The van der Waals surface area contributed by atoms with Gasteiger partial charge < -0.3 is 5.32 Å². The van der Waals surface area contributed by atoms with E-state index in [9.17, 15) is 9.18 Å². The molecule has 2 aliphatic heterocycles. The molecule has 2 heterocycles. The van der Waals surface area contributed by atoms with Gasteiger partial charge in [-0.1, -0.05) is 0 Å². The van der Waals surface area contributed by atoms with Gasteiger partial charge in [-0.3, -0.25) is 4.79 Å². The summed E-state index contributed by atoms with van der Waals surface area (Å²) >= 11 is 0. The predicted octanol–water partition coefficient (Wildman–Crippen LogP) is 1.05. The average Bonchev–Trinajstić information content (AvgIpc) is 2.04. The number of rotatable bonds is 1. The Morgan fingerprint density at radius 2 is 2.25 bits per heavy atom. The van der Waals surface area contributed by atoms with E-state index in [1.165, 1.54) is 0 Å². The lowest BCUT2D eigenvalue weighted by Gasteiger charge is -2.44. The largest absolute Gasteiger partial charge is 0.302 e. The minimum atomic E-state index is -0.723. The molecular formula is C9H14FNO. The first kappa shape index (κ1) is 8.17. The molecule has 0 aromatic carbocycles. The second-order valence-corrected chi connectivity index (χ2v) is 3.95. The highest BCUT2D eigenvalue weighted by molar-refractivity contribution is 5.82. The Kier molecular flexibility index (Phi) is 1.91. The third kappa shape index (κ3) is 1.16. The van der Waals surface area contributed by atoms with Crippen molar-refractivity contribution < 1.29 is 9.18 Å². The van der Waals surface area contributed by atoms with E-state index in [1.807, 2.05) is 0 Å². The lowest BCUT2D eigenvalue weighted by atomic mass is 9.74. The fraction of sp³-hybridized carbons (Fsp3) is 0.889. The molecule has 3 rings (SSSR count). The minimum Gasteiger partial charge on any atom is -0.302 e. The van der Waals surface area contributed by atoms with Gasteiger partial charge in [0.2, 0.25) is 0 Å². The third-order valence-electron chi connectivity index (χ3n) is 3.12. The molecule has 68 valence electrons. The lowest BCUT2D eigenvalue weighted by molar-refractivity contribution is -0.123. The summed E-state index contributed by atoms with van der Waals surface area (Å²) in [5.74, 6) is 0.416. The molecule has 0 radical (unpaired) electrons. The van der Waals surface area contributed by atoms with Gasteiger partial charge in [-0.05, 0) is 32.1 Å². The van der Waals surface area contributed by atoms with Crippen molar-refractivity contribution in [3.63, 3.8) is 0 Å². The fourth-order valence-corrected chi connectivity index (χ4v) is 2.45. The summed E-state index contributed by atoms with van der Waals surface area (Å²) in [7, 11) is 0. The number of halogens is 1. The molecule has 4 atom stereocenters. The summed E-state index contributed by atoms with van der Waals surface area (Å²) in [6.07, 6.45) is 1.78. The maximum atomic E-state index is 13.1. The number of piperidine rings is 2. The van der Waals surface area contributed by atoms with E-state index in [4.69, 9.17) is 0 Å². The van der Waals surface area contributed by atoms with Gasteiger partial charge in [0.25, 0.3) is 0 Å². The first-order valence-corrected chi connectivity index (χ1v) is 4.59. The first-order valence-electron chi connectivity index (χ1n) is 4.59. The Morgan fingerprint density at radius 3 is 2.67 bits per heavy atom. The molecule has 2 saturated heterocycles. The second-order valence-electron chi connectivity index (χ2n) is 3.95. The number of alkyl halides is 1. The topological polar surface area (TPSA) is 29.1 Å². The van der Waals surface area contributed by atoms with Crippen molar-refractivity contribution in [2.24, 2.45) is 5.92 Å². The standard InChI is InChI=1S/C9H14FNO/c1-5(12)9-6-2-3-8(11-9)7(10)4-6/h6-9,11H,2-4H2,1H3/t6-,7-,8+,9-/m1/s1. The van der Waals surface area contributed by atoms with Crippen molar-refractivity contribution >= 4 is 5.78 Å². The Labute approximate surface area is 71.5 Å². The quantitative estimate of drug-likeness (QED) is 0.639. The van der Waals surface area contributed by atoms with Crippen LogP contribution in [0.1, 0.15) is 26.2 Å². The van der Waals surface area contributed by atoms with Crippen molar-refractivity contribution in [2.45, 2.75) is 44.4 Å². The van der Waals surface area contributed by atoms with Crippen LogP contribution in [0.2, 0.25) is 0 Å². The monoisotopic (exact) mass is 171 g/mol. The highest BCUT2D eigenvalue weighted by Crippen LogP contribution is 2.35. The van der Waals surface area contributed by atoms with Crippen LogP contribution in [0.5, 0.6) is 0 Å². The fourth-order valence-electron chi connectivity index (χ4n) is 2.45. The van der Waals surface area contributed by atoms with Gasteiger partial charge in [-0.2, -0.15) is 0 Å². The smallest absolute Gasteiger partial charge is 0.146 e. The van der Waals surface area contributed by atoms with Crippen molar-refractivity contribution in [1.82, 2.24) is 5.32 Å². The van der Waals surface area contributed by atoms with Crippen LogP contribution < -0.4 is 5.32 Å². The SMILES string of the molecule is CC(=O)[C@H]1N[C@H]2CC[C@@H]1C[C@H]2F. The van der Waals surface area contributed by atoms with Gasteiger partial charge in [0.1, 0.15) is 12.0 Å². The van der Waals surface area contributed by atoms with Gasteiger partial charge in [-0.25, -0.2) is 4.39 Å². The molecule has 1 N–H and O–H groups in total. The van der Waals surface area contributed by atoms with Crippen molar-refractivity contribution in [3.05, 3.63) is 0 Å². The van der Waals surface area contributed by atoms with Crippen molar-refractivity contribution in [2.75, 3.05) is 0 Å². The highest BCUT2D eigenvalue weighted by atomic mass is 19.1. The van der Waals surface area contributed by atoms with Gasteiger partial charge in [0, 0.05) is 6.04 Å². The summed E-state index contributed by atoms with van der Waals surface area (Å²) in [5, 5.41) is 3.08. The van der Waals surface area contributed by atoms with Crippen LogP contribution in [-0.2, 0) is 4.79 Å². The number of nitrogens with one attached hydrogen (secondary N) is 1. The molecular weight excluding hydrogens is 157 g/mol. The van der Waals surface area contributed by atoms with Crippen molar-refractivity contribution in [3.8, 4) is 0 Å². The summed E-state index contributed by atoms with van der Waals surface area (Å²) in [5.41, 5.74) is 0. The zero-order chi connectivity index (χ0) is 8.72. The molecule has 3 heteroatoms. The molecule has 1 saturated carbocycles. The molecule has 2 bridgehead atoms. The summed E-state index contributed by atoms with van der Waals surface area (Å²) in [4.78, 5) is 11.1. The van der Waals surface area contributed by atoms with E-state index in [1.54, 1.807) is 6.92 Å². The van der Waals surface area contributed by atoms with Crippen LogP contribution in [0.3, 0.4) is 0 Å². The molecule has 0 aromatic rings. The number of hydrogen-bond donors (Lipinski definition) is 1. The normalized spacial score (nSPS) is 46.2. The van der Waals surface area contributed by atoms with Gasteiger partial charge in [0.15, 0.2) is 0 Å². The van der Waals surface area contributed by atoms with Crippen molar-refractivity contribution in [1.29, 1.82) is 0 Å². The molecule has 1 aliphatic carbocycles. The number of carbonyl (C=O) groups is 1. The molecule has 0 spiro atoms. The highest BCUT2D eigenvalue weighted by Gasteiger charge is 2.43. The van der Waals surface area contributed by atoms with Crippen LogP contribution >= 0.6 is 0 Å². The number of hydrogen-bond acceptors (Lipinski definition) is 2. The van der Waals surface area contributed by atoms with Crippen LogP contribution in [0.25, 0.3) is 0 Å². The zero-order valence-electron chi connectivity index (χ0n) is 7.22. The van der Waals surface area contributed by atoms with Gasteiger partial charge in [0.05, 0.1) is 6.04 Å². The van der Waals surface area contributed by atoms with Crippen LogP contribution in [0.4, 0.5) is 4.39 Å². The molecule has 0 unspecified atom stereocenters. The summed E-state index contributed by atoms with van der Waals surface area (Å²) in [6.45, 7) is 1.59. The van der Waals surface area contributed by atoms with E-state index in [2.05, 4.69) is 5.32 Å². The maximum absolute atomic E-state index is 13.1. The van der Waals surface area contributed by atoms with E-state index in [0.29, 0.717) is 6.42 Å². The Balaban J connectivity index is 2.10. The minimum absolute atomic E-state index is 0.0519. The van der Waals surface area contributed by atoms with Gasteiger partial charge in [-0.15, -0.1) is 0 Å². The number of carbonyl (C=O) groups excluding carboxylic acids is 1. The summed E-state index contributed by atoms with van der Waals surface area (Å²) < 4.78 is 13.1. The Bertz CT molecular complexity index is 207. The molecule has 2 nitrogen and oxygen atoms in total. The molecule has 0 aromatic heterocycles. The van der Waals surface area contributed by atoms with E-state index in [0.717, 1.165) is 12.8 Å². The van der Waals surface area contributed by atoms with Gasteiger partial charge >= 0.3 is 0 Å². The average molecular weight is 171 g/mol.